The minimum Gasteiger partial charge on any atom is -0.369 e. The van der Waals surface area contributed by atoms with Crippen molar-refractivity contribution < 1.29 is 0 Å². The summed E-state index contributed by atoms with van der Waals surface area (Å²) < 4.78 is 1.81. The van der Waals surface area contributed by atoms with Crippen molar-refractivity contribution in [1.82, 2.24) is 24.3 Å². The highest BCUT2D eigenvalue weighted by Crippen LogP contribution is 2.34. The number of nitrogens with two attached hydrogens (primary N) is 2. The second-order valence-electron chi connectivity index (χ2n) is 4.57. The number of hydrogen-bond acceptors (Lipinski definition) is 6. The maximum atomic E-state index is 6.00. The van der Waals surface area contributed by atoms with E-state index in [0.29, 0.717) is 5.95 Å². The molecule has 0 radical (unpaired) electrons. The number of nitrogen functional groups attached to an aromatic ring is 2. The second-order valence-corrected chi connectivity index (χ2v) is 4.57. The molecule has 0 amide bonds. The van der Waals surface area contributed by atoms with E-state index in [1.807, 2.05) is 28.7 Å². The van der Waals surface area contributed by atoms with Crippen molar-refractivity contribution >= 4 is 28.4 Å². The number of hydrogen-bond donors (Lipinski definition) is 2. The van der Waals surface area contributed by atoms with E-state index in [4.69, 9.17) is 11.5 Å². The quantitative estimate of drug-likeness (QED) is 0.546. The van der Waals surface area contributed by atoms with Gasteiger partial charge in [0.2, 0.25) is 11.9 Å². The third kappa shape index (κ3) is 1.61. The van der Waals surface area contributed by atoms with Crippen LogP contribution in [0.15, 0.2) is 42.9 Å². The topological polar surface area (TPSA) is 108 Å². The summed E-state index contributed by atoms with van der Waals surface area (Å²) in [6, 6.07) is 7.54. The first-order valence-electron chi connectivity index (χ1n) is 6.34. The molecular formula is C14H11N7. The van der Waals surface area contributed by atoms with Crippen LogP contribution in [0.5, 0.6) is 0 Å². The van der Waals surface area contributed by atoms with E-state index in [2.05, 4.69) is 19.9 Å². The first kappa shape index (κ1) is 11.6. The van der Waals surface area contributed by atoms with Gasteiger partial charge >= 0.3 is 0 Å². The lowest BCUT2D eigenvalue weighted by atomic mass is 10.1. The first-order valence-corrected chi connectivity index (χ1v) is 6.34. The Kier molecular flexibility index (Phi) is 2.28. The van der Waals surface area contributed by atoms with Crippen LogP contribution in [-0.2, 0) is 0 Å². The Hall–Kier alpha value is -3.22. The van der Waals surface area contributed by atoms with Crippen molar-refractivity contribution in [2.24, 2.45) is 0 Å². The van der Waals surface area contributed by atoms with Crippen molar-refractivity contribution in [2.75, 3.05) is 11.5 Å². The predicted octanol–water partition coefficient (Wildman–Crippen LogP) is 1.50. The van der Waals surface area contributed by atoms with Crippen molar-refractivity contribution in [2.45, 2.75) is 0 Å². The summed E-state index contributed by atoms with van der Waals surface area (Å²) in [7, 11) is 0. The largest absolute Gasteiger partial charge is 0.369 e. The van der Waals surface area contributed by atoms with Crippen LogP contribution < -0.4 is 11.5 Å². The zero-order valence-electron chi connectivity index (χ0n) is 10.9. The van der Waals surface area contributed by atoms with Gasteiger partial charge in [0.15, 0.2) is 0 Å². The Labute approximate surface area is 119 Å². The molecule has 4 heterocycles. The smallest absolute Gasteiger partial charge is 0.220 e. The van der Waals surface area contributed by atoms with Crippen LogP contribution in [0.2, 0.25) is 0 Å². The third-order valence-corrected chi connectivity index (χ3v) is 3.36. The standard InChI is InChI=1S/C14H11N7/c15-13-18-6-3-9(20-13)11-8-2-1-5-17-12(8)21-10(11)4-7-19-14(21)16/h1-7H,(H2,16,19)(H2,15,18,20). The summed E-state index contributed by atoms with van der Waals surface area (Å²) in [4.78, 5) is 16.8. The molecule has 0 atom stereocenters. The second kappa shape index (κ2) is 4.14. The molecule has 7 heteroatoms. The number of pyridine rings is 1. The van der Waals surface area contributed by atoms with E-state index < -0.39 is 0 Å². The molecule has 0 aromatic carbocycles. The summed E-state index contributed by atoms with van der Waals surface area (Å²) in [6.07, 6.45) is 5.02. The average Bonchev–Trinajstić information content (AvgIpc) is 2.83. The van der Waals surface area contributed by atoms with Gasteiger partial charge in [0.1, 0.15) is 5.65 Å². The number of rotatable bonds is 1. The van der Waals surface area contributed by atoms with E-state index in [1.165, 1.54) is 0 Å². The lowest BCUT2D eigenvalue weighted by Crippen LogP contribution is -2.00. The van der Waals surface area contributed by atoms with Crippen LogP contribution >= 0.6 is 0 Å². The van der Waals surface area contributed by atoms with Crippen LogP contribution in [0.3, 0.4) is 0 Å². The van der Waals surface area contributed by atoms with Crippen molar-refractivity contribution in [3.8, 4) is 11.3 Å². The molecule has 102 valence electrons. The Bertz CT molecular complexity index is 974. The molecule has 7 nitrogen and oxygen atoms in total. The molecule has 0 unspecified atom stereocenters. The highest BCUT2D eigenvalue weighted by Gasteiger charge is 2.17. The summed E-state index contributed by atoms with van der Waals surface area (Å²) >= 11 is 0. The van der Waals surface area contributed by atoms with E-state index >= 15 is 0 Å². The van der Waals surface area contributed by atoms with Gasteiger partial charge in [0, 0.05) is 29.5 Å². The summed E-state index contributed by atoms with van der Waals surface area (Å²) in [5.41, 5.74) is 15.0. The third-order valence-electron chi connectivity index (χ3n) is 3.36. The Balaban J connectivity index is 2.23. The molecule has 0 saturated carbocycles. The van der Waals surface area contributed by atoms with Crippen LogP contribution in [0.4, 0.5) is 11.9 Å². The molecule has 0 aliphatic heterocycles. The van der Waals surface area contributed by atoms with Crippen molar-refractivity contribution in [1.29, 1.82) is 0 Å². The minimum absolute atomic E-state index is 0.228. The highest BCUT2D eigenvalue weighted by atomic mass is 15.1. The maximum Gasteiger partial charge on any atom is 0.220 e. The van der Waals surface area contributed by atoms with Crippen LogP contribution in [0.25, 0.3) is 27.8 Å². The number of anilines is 2. The van der Waals surface area contributed by atoms with Crippen LogP contribution in [0, 0.1) is 0 Å². The zero-order valence-corrected chi connectivity index (χ0v) is 10.9. The first-order chi connectivity index (χ1) is 10.3. The van der Waals surface area contributed by atoms with Crippen LogP contribution in [0.1, 0.15) is 0 Å². The Morgan fingerprint density at radius 1 is 0.905 bits per heavy atom. The molecule has 4 aromatic heterocycles. The lowest BCUT2D eigenvalue weighted by molar-refractivity contribution is 1.12. The number of fused-ring (bicyclic) bond motifs is 3. The van der Waals surface area contributed by atoms with Crippen molar-refractivity contribution in [3.63, 3.8) is 0 Å². The fourth-order valence-corrected chi connectivity index (χ4v) is 2.55. The summed E-state index contributed by atoms with van der Waals surface area (Å²) in [5.74, 6) is 0.607. The van der Waals surface area contributed by atoms with Gasteiger partial charge in [-0.05, 0) is 24.3 Å². The molecule has 0 aliphatic rings. The van der Waals surface area contributed by atoms with Gasteiger partial charge in [-0.2, -0.15) is 0 Å². The normalized spacial score (nSPS) is 11.2. The van der Waals surface area contributed by atoms with E-state index in [0.717, 1.165) is 27.8 Å². The predicted molar refractivity (Wildman–Crippen MR) is 80.3 cm³/mol. The van der Waals surface area contributed by atoms with Gasteiger partial charge in [0.25, 0.3) is 0 Å². The maximum absolute atomic E-state index is 6.00. The fourth-order valence-electron chi connectivity index (χ4n) is 2.55. The molecule has 0 saturated heterocycles. The Morgan fingerprint density at radius 3 is 2.62 bits per heavy atom. The highest BCUT2D eigenvalue weighted by molar-refractivity contribution is 6.03. The van der Waals surface area contributed by atoms with Gasteiger partial charge in [-0.1, -0.05) is 0 Å². The SMILES string of the molecule is Nc1nccc(-c2c3cccnc3n3c(N)nccc23)n1. The van der Waals surface area contributed by atoms with Gasteiger partial charge < -0.3 is 11.5 Å². The number of aromatic nitrogens is 5. The lowest BCUT2D eigenvalue weighted by Gasteiger charge is -2.02. The van der Waals surface area contributed by atoms with Gasteiger partial charge in [0.05, 0.1) is 11.2 Å². The number of nitrogens with zero attached hydrogens (tertiary/aromatic N) is 5. The fraction of sp³-hybridized carbons (Fsp3) is 0. The summed E-state index contributed by atoms with van der Waals surface area (Å²) in [6.45, 7) is 0. The van der Waals surface area contributed by atoms with Crippen LogP contribution in [-0.4, -0.2) is 24.3 Å². The van der Waals surface area contributed by atoms with Gasteiger partial charge in [-0.25, -0.2) is 19.9 Å². The van der Waals surface area contributed by atoms with Gasteiger partial charge in [-0.3, -0.25) is 4.40 Å². The monoisotopic (exact) mass is 277 g/mol. The molecule has 0 aliphatic carbocycles. The molecular weight excluding hydrogens is 266 g/mol. The molecule has 4 aromatic rings. The average molecular weight is 277 g/mol. The molecule has 21 heavy (non-hydrogen) atoms. The van der Waals surface area contributed by atoms with E-state index in [1.54, 1.807) is 18.6 Å². The van der Waals surface area contributed by atoms with Crippen molar-refractivity contribution in [3.05, 3.63) is 42.9 Å². The zero-order chi connectivity index (χ0) is 14.4. The summed E-state index contributed by atoms with van der Waals surface area (Å²) in [5, 5.41) is 0.940. The molecule has 4 rings (SSSR count). The van der Waals surface area contributed by atoms with E-state index in [9.17, 15) is 0 Å². The Morgan fingerprint density at radius 2 is 1.76 bits per heavy atom. The molecule has 0 spiro atoms. The molecule has 4 N–H and O–H groups in total. The molecule has 0 fully saturated rings. The molecule has 0 bridgehead atoms. The minimum atomic E-state index is 0.228. The van der Waals surface area contributed by atoms with Gasteiger partial charge in [-0.15, -0.1) is 0 Å². The van der Waals surface area contributed by atoms with E-state index in [-0.39, 0.29) is 5.95 Å².